The van der Waals surface area contributed by atoms with Gasteiger partial charge in [0.1, 0.15) is 0 Å². The highest BCUT2D eigenvalue weighted by Crippen LogP contribution is 2.17. The molecule has 0 atom stereocenters. The van der Waals surface area contributed by atoms with Crippen molar-refractivity contribution in [2.24, 2.45) is 0 Å². The molecule has 4 nitrogen and oxygen atoms in total. The Balaban J connectivity index is 1.85. The van der Waals surface area contributed by atoms with Crippen LogP contribution in [-0.4, -0.2) is 22.6 Å². The molecule has 1 aromatic carbocycles. The van der Waals surface area contributed by atoms with Crippen LogP contribution in [-0.2, 0) is 0 Å². The van der Waals surface area contributed by atoms with E-state index in [0.29, 0.717) is 5.56 Å². The Bertz CT molecular complexity index is 517. The molecule has 1 aromatic heterocycles. The number of unbranched alkanes of at least 4 members (excludes halogenated alkanes) is 3. The van der Waals surface area contributed by atoms with E-state index in [-0.39, 0.29) is 5.91 Å². The lowest BCUT2D eigenvalue weighted by atomic mass is 10.1. The zero-order chi connectivity index (χ0) is 14.2. The first-order valence-electron chi connectivity index (χ1n) is 7.18. The Morgan fingerprint density at radius 1 is 1.15 bits per heavy atom. The zero-order valence-corrected chi connectivity index (χ0v) is 11.9. The summed E-state index contributed by atoms with van der Waals surface area (Å²) in [5.74, 6) is 0.000224. The number of hydrogen-bond donors (Lipinski definition) is 2. The summed E-state index contributed by atoms with van der Waals surface area (Å²) in [6.45, 7) is 2.93. The first kappa shape index (κ1) is 14.3. The molecule has 0 unspecified atom stereocenters. The fourth-order valence-electron chi connectivity index (χ4n) is 2.08. The van der Waals surface area contributed by atoms with Gasteiger partial charge in [-0.1, -0.05) is 38.3 Å². The summed E-state index contributed by atoms with van der Waals surface area (Å²) in [7, 11) is 0. The van der Waals surface area contributed by atoms with Crippen LogP contribution in [0.25, 0.3) is 11.1 Å². The van der Waals surface area contributed by atoms with Crippen molar-refractivity contribution < 1.29 is 4.79 Å². The molecule has 1 amide bonds. The molecule has 106 valence electrons. The number of carbonyl (C=O) groups is 1. The fraction of sp³-hybridized carbons (Fsp3) is 0.375. The highest BCUT2D eigenvalue weighted by atomic mass is 16.1. The average molecular weight is 271 g/mol. The normalized spacial score (nSPS) is 10.4. The first-order valence-corrected chi connectivity index (χ1v) is 7.18. The second-order valence-corrected chi connectivity index (χ2v) is 4.88. The third kappa shape index (κ3) is 3.95. The van der Waals surface area contributed by atoms with Gasteiger partial charge in [-0.25, -0.2) is 0 Å². The van der Waals surface area contributed by atoms with Gasteiger partial charge in [0.25, 0.3) is 5.91 Å². The molecule has 4 heteroatoms. The number of H-pyrrole nitrogens is 1. The summed E-state index contributed by atoms with van der Waals surface area (Å²) in [6, 6.07) is 7.58. The number of aromatic amines is 1. The lowest BCUT2D eigenvalue weighted by Crippen LogP contribution is -2.24. The Labute approximate surface area is 119 Å². The van der Waals surface area contributed by atoms with Crippen LogP contribution in [0.1, 0.15) is 43.0 Å². The predicted molar refractivity (Wildman–Crippen MR) is 80.5 cm³/mol. The second-order valence-electron chi connectivity index (χ2n) is 4.88. The molecule has 2 aromatic rings. The molecular formula is C16H21N3O. The quantitative estimate of drug-likeness (QED) is 0.758. The average Bonchev–Trinajstić information content (AvgIpc) is 3.01. The molecule has 0 saturated heterocycles. The van der Waals surface area contributed by atoms with Gasteiger partial charge in [0.2, 0.25) is 0 Å². The van der Waals surface area contributed by atoms with Crippen molar-refractivity contribution in [1.82, 2.24) is 15.5 Å². The van der Waals surface area contributed by atoms with Crippen molar-refractivity contribution >= 4 is 5.91 Å². The minimum atomic E-state index is 0.000224. The van der Waals surface area contributed by atoms with Gasteiger partial charge in [-0.05, 0) is 24.1 Å². The molecule has 0 saturated carbocycles. The van der Waals surface area contributed by atoms with Crippen molar-refractivity contribution in [2.45, 2.75) is 32.6 Å². The molecule has 0 spiro atoms. The molecule has 0 bridgehead atoms. The van der Waals surface area contributed by atoms with E-state index >= 15 is 0 Å². The van der Waals surface area contributed by atoms with Gasteiger partial charge in [-0.15, -0.1) is 0 Å². The topological polar surface area (TPSA) is 57.8 Å². The number of nitrogens with one attached hydrogen (secondary N) is 2. The largest absolute Gasteiger partial charge is 0.352 e. The minimum Gasteiger partial charge on any atom is -0.352 e. The van der Waals surface area contributed by atoms with Crippen LogP contribution in [0.5, 0.6) is 0 Å². The van der Waals surface area contributed by atoms with Gasteiger partial charge >= 0.3 is 0 Å². The van der Waals surface area contributed by atoms with Crippen molar-refractivity contribution in [3.63, 3.8) is 0 Å². The Hall–Kier alpha value is -2.10. The summed E-state index contributed by atoms with van der Waals surface area (Å²) >= 11 is 0. The summed E-state index contributed by atoms with van der Waals surface area (Å²) in [5.41, 5.74) is 2.78. The van der Waals surface area contributed by atoms with E-state index in [0.717, 1.165) is 24.1 Å². The van der Waals surface area contributed by atoms with E-state index in [2.05, 4.69) is 22.4 Å². The van der Waals surface area contributed by atoms with E-state index in [1.54, 1.807) is 6.20 Å². The molecule has 2 N–H and O–H groups in total. The van der Waals surface area contributed by atoms with Crippen LogP contribution in [0.15, 0.2) is 36.7 Å². The van der Waals surface area contributed by atoms with Gasteiger partial charge in [0.15, 0.2) is 0 Å². The Kier molecular flexibility index (Phi) is 5.35. The fourth-order valence-corrected chi connectivity index (χ4v) is 2.08. The SMILES string of the molecule is CCCCCCNC(=O)c1ccc(-c2cn[nH]c2)cc1. The Morgan fingerprint density at radius 3 is 2.60 bits per heavy atom. The number of aromatic nitrogens is 2. The number of rotatable bonds is 7. The number of amides is 1. The smallest absolute Gasteiger partial charge is 0.251 e. The maximum absolute atomic E-state index is 11.9. The lowest BCUT2D eigenvalue weighted by molar-refractivity contribution is 0.0953. The van der Waals surface area contributed by atoms with E-state index in [1.807, 2.05) is 30.5 Å². The second kappa shape index (κ2) is 7.48. The van der Waals surface area contributed by atoms with Crippen LogP contribution >= 0.6 is 0 Å². The zero-order valence-electron chi connectivity index (χ0n) is 11.9. The van der Waals surface area contributed by atoms with Crippen LogP contribution in [0, 0.1) is 0 Å². The van der Waals surface area contributed by atoms with Gasteiger partial charge in [0.05, 0.1) is 6.20 Å². The van der Waals surface area contributed by atoms with E-state index in [4.69, 9.17) is 0 Å². The summed E-state index contributed by atoms with van der Waals surface area (Å²) in [6.07, 6.45) is 8.27. The number of nitrogens with zero attached hydrogens (tertiary/aromatic N) is 1. The van der Waals surface area contributed by atoms with Gasteiger partial charge in [-0.2, -0.15) is 5.10 Å². The van der Waals surface area contributed by atoms with Crippen LogP contribution in [0.3, 0.4) is 0 Å². The van der Waals surface area contributed by atoms with Crippen LogP contribution in [0.4, 0.5) is 0 Å². The molecule has 0 aliphatic heterocycles. The standard InChI is InChI=1S/C16H21N3O/c1-2-3-4-5-10-17-16(20)14-8-6-13(7-9-14)15-11-18-19-12-15/h6-9,11-12H,2-5,10H2,1H3,(H,17,20)(H,18,19). The predicted octanol–water partition coefficient (Wildman–Crippen LogP) is 3.39. The molecule has 0 fully saturated rings. The maximum Gasteiger partial charge on any atom is 0.251 e. The van der Waals surface area contributed by atoms with Crippen molar-refractivity contribution in [2.75, 3.05) is 6.54 Å². The third-order valence-electron chi connectivity index (χ3n) is 3.29. The first-order chi connectivity index (χ1) is 9.81. The van der Waals surface area contributed by atoms with Gasteiger partial charge in [-0.3, -0.25) is 9.89 Å². The van der Waals surface area contributed by atoms with Crippen molar-refractivity contribution in [1.29, 1.82) is 0 Å². The Morgan fingerprint density at radius 2 is 1.95 bits per heavy atom. The lowest BCUT2D eigenvalue weighted by Gasteiger charge is -2.05. The van der Waals surface area contributed by atoms with Gasteiger partial charge in [0, 0.05) is 23.9 Å². The molecule has 0 aliphatic carbocycles. The van der Waals surface area contributed by atoms with E-state index < -0.39 is 0 Å². The number of carbonyl (C=O) groups excluding carboxylic acids is 1. The molecule has 1 heterocycles. The minimum absolute atomic E-state index is 0.000224. The van der Waals surface area contributed by atoms with Crippen molar-refractivity contribution in [3.05, 3.63) is 42.2 Å². The summed E-state index contributed by atoms with van der Waals surface area (Å²) < 4.78 is 0. The third-order valence-corrected chi connectivity index (χ3v) is 3.29. The molecule has 0 radical (unpaired) electrons. The molecule has 2 rings (SSSR count). The van der Waals surface area contributed by atoms with Crippen molar-refractivity contribution in [3.8, 4) is 11.1 Å². The maximum atomic E-state index is 11.9. The van der Waals surface area contributed by atoms with E-state index in [9.17, 15) is 4.79 Å². The van der Waals surface area contributed by atoms with Crippen LogP contribution < -0.4 is 5.32 Å². The highest BCUT2D eigenvalue weighted by Gasteiger charge is 2.05. The highest BCUT2D eigenvalue weighted by molar-refractivity contribution is 5.94. The molecule has 20 heavy (non-hydrogen) atoms. The van der Waals surface area contributed by atoms with E-state index in [1.165, 1.54) is 19.3 Å². The van der Waals surface area contributed by atoms with Crippen LogP contribution in [0.2, 0.25) is 0 Å². The summed E-state index contributed by atoms with van der Waals surface area (Å²) in [5, 5.41) is 9.65. The van der Waals surface area contributed by atoms with Gasteiger partial charge < -0.3 is 5.32 Å². The summed E-state index contributed by atoms with van der Waals surface area (Å²) in [4.78, 5) is 11.9. The molecular weight excluding hydrogens is 250 g/mol. The number of benzene rings is 1. The monoisotopic (exact) mass is 271 g/mol. The number of hydrogen-bond acceptors (Lipinski definition) is 2. The molecule has 0 aliphatic rings.